The summed E-state index contributed by atoms with van der Waals surface area (Å²) in [6, 6.07) is 12.4. The van der Waals surface area contributed by atoms with Gasteiger partial charge in [-0.25, -0.2) is 4.39 Å². The van der Waals surface area contributed by atoms with Crippen LogP contribution in [-0.2, 0) is 13.0 Å². The molecule has 2 rings (SSSR count). The van der Waals surface area contributed by atoms with Crippen LogP contribution >= 0.6 is 0 Å². The van der Waals surface area contributed by atoms with E-state index in [9.17, 15) is 4.39 Å². The maximum Gasteiger partial charge on any atom is 0.165 e. The maximum atomic E-state index is 13.9. The zero-order chi connectivity index (χ0) is 14.4. The van der Waals surface area contributed by atoms with E-state index >= 15 is 0 Å². The zero-order valence-electron chi connectivity index (χ0n) is 11.4. The molecule has 0 aliphatic carbocycles. The fraction of sp³-hybridized carbons (Fsp3) is 0.250. The monoisotopic (exact) mass is 275 g/mol. The van der Waals surface area contributed by atoms with Crippen LogP contribution in [-0.4, -0.2) is 13.7 Å². The van der Waals surface area contributed by atoms with Crippen LogP contribution in [0.5, 0.6) is 11.5 Å². The van der Waals surface area contributed by atoms with Gasteiger partial charge in [-0.2, -0.15) is 0 Å². The van der Waals surface area contributed by atoms with E-state index in [2.05, 4.69) is 0 Å². The van der Waals surface area contributed by atoms with Gasteiger partial charge >= 0.3 is 0 Å². The van der Waals surface area contributed by atoms with Gasteiger partial charge in [0.2, 0.25) is 0 Å². The fourth-order valence-electron chi connectivity index (χ4n) is 2.04. The molecule has 2 aromatic rings. The van der Waals surface area contributed by atoms with Crippen molar-refractivity contribution in [2.75, 3.05) is 13.7 Å². The second-order valence-electron chi connectivity index (χ2n) is 4.37. The van der Waals surface area contributed by atoms with Gasteiger partial charge in [0.1, 0.15) is 12.4 Å². The first-order chi connectivity index (χ1) is 9.76. The average molecular weight is 275 g/mol. The molecule has 3 nitrogen and oxygen atoms in total. The van der Waals surface area contributed by atoms with E-state index in [1.54, 1.807) is 13.2 Å². The predicted octanol–water partition coefficient (Wildman–Crippen LogP) is 2.91. The van der Waals surface area contributed by atoms with Gasteiger partial charge in [0, 0.05) is 5.56 Å². The van der Waals surface area contributed by atoms with Crippen LogP contribution in [0.15, 0.2) is 42.5 Å². The lowest BCUT2D eigenvalue weighted by atomic mass is 10.1. The second kappa shape index (κ2) is 6.91. The molecule has 0 aliphatic heterocycles. The van der Waals surface area contributed by atoms with Crippen LogP contribution in [0.1, 0.15) is 11.1 Å². The Kier molecular flexibility index (Phi) is 4.96. The number of hydrogen-bond acceptors (Lipinski definition) is 3. The zero-order valence-corrected chi connectivity index (χ0v) is 11.4. The van der Waals surface area contributed by atoms with Gasteiger partial charge in [-0.1, -0.05) is 30.3 Å². The summed E-state index contributed by atoms with van der Waals surface area (Å²) in [4.78, 5) is 0. The Balaban J connectivity index is 2.18. The van der Waals surface area contributed by atoms with Crippen molar-refractivity contribution in [1.82, 2.24) is 0 Å². The molecule has 2 aromatic carbocycles. The minimum Gasteiger partial charge on any atom is -0.496 e. The van der Waals surface area contributed by atoms with E-state index < -0.39 is 0 Å². The predicted molar refractivity (Wildman–Crippen MR) is 76.5 cm³/mol. The highest BCUT2D eigenvalue weighted by molar-refractivity contribution is 5.37. The van der Waals surface area contributed by atoms with Crippen LogP contribution in [0.4, 0.5) is 4.39 Å². The van der Waals surface area contributed by atoms with Crippen molar-refractivity contribution in [3.8, 4) is 11.5 Å². The Bertz CT molecular complexity index is 572. The molecule has 0 amide bonds. The highest BCUT2D eigenvalue weighted by Gasteiger charge is 2.10. The Morgan fingerprint density at radius 1 is 1.05 bits per heavy atom. The van der Waals surface area contributed by atoms with Crippen LogP contribution in [0, 0.1) is 5.82 Å². The van der Waals surface area contributed by atoms with Gasteiger partial charge in [-0.15, -0.1) is 0 Å². The molecule has 2 N–H and O–H groups in total. The molecule has 0 bridgehead atoms. The van der Waals surface area contributed by atoms with Crippen LogP contribution in [0.25, 0.3) is 0 Å². The van der Waals surface area contributed by atoms with Gasteiger partial charge in [-0.05, 0) is 30.7 Å². The highest BCUT2D eigenvalue weighted by Crippen LogP contribution is 2.26. The van der Waals surface area contributed by atoms with Crippen molar-refractivity contribution in [2.24, 2.45) is 5.73 Å². The third kappa shape index (κ3) is 3.27. The SMILES string of the molecule is COc1ccccc1COc1c(F)cccc1CCN. The van der Waals surface area contributed by atoms with Crippen molar-refractivity contribution in [1.29, 1.82) is 0 Å². The molecule has 0 fully saturated rings. The summed E-state index contributed by atoms with van der Waals surface area (Å²) < 4.78 is 24.7. The molecule has 0 aromatic heterocycles. The minimum atomic E-state index is -0.370. The average Bonchev–Trinajstić information content (AvgIpc) is 2.47. The number of ether oxygens (including phenoxy) is 2. The normalized spacial score (nSPS) is 10.3. The van der Waals surface area contributed by atoms with E-state index in [1.807, 2.05) is 30.3 Å². The Labute approximate surface area is 118 Å². The van der Waals surface area contributed by atoms with E-state index in [4.69, 9.17) is 15.2 Å². The first-order valence-corrected chi connectivity index (χ1v) is 6.48. The number of halogens is 1. The second-order valence-corrected chi connectivity index (χ2v) is 4.37. The van der Waals surface area contributed by atoms with Crippen molar-refractivity contribution in [3.05, 3.63) is 59.4 Å². The van der Waals surface area contributed by atoms with Crippen LogP contribution in [0.2, 0.25) is 0 Å². The van der Waals surface area contributed by atoms with Crippen LogP contribution < -0.4 is 15.2 Å². The summed E-state index contributed by atoms with van der Waals surface area (Å²) >= 11 is 0. The molecule has 0 radical (unpaired) electrons. The summed E-state index contributed by atoms with van der Waals surface area (Å²) in [6.45, 7) is 0.705. The van der Waals surface area contributed by atoms with Crippen molar-refractivity contribution < 1.29 is 13.9 Å². The Hall–Kier alpha value is -2.07. The molecule has 0 saturated carbocycles. The lowest BCUT2D eigenvalue weighted by Gasteiger charge is -2.13. The van der Waals surface area contributed by atoms with Crippen molar-refractivity contribution in [2.45, 2.75) is 13.0 Å². The van der Waals surface area contributed by atoms with E-state index in [0.717, 1.165) is 16.9 Å². The molecule has 0 aliphatic rings. The smallest absolute Gasteiger partial charge is 0.165 e. The largest absolute Gasteiger partial charge is 0.496 e. The molecule has 0 atom stereocenters. The molecule has 20 heavy (non-hydrogen) atoms. The summed E-state index contributed by atoms with van der Waals surface area (Å²) in [6.07, 6.45) is 0.582. The highest BCUT2D eigenvalue weighted by atomic mass is 19.1. The number of para-hydroxylation sites is 2. The van der Waals surface area contributed by atoms with Gasteiger partial charge in [0.25, 0.3) is 0 Å². The number of rotatable bonds is 6. The molecule has 106 valence electrons. The van der Waals surface area contributed by atoms with Gasteiger partial charge in [-0.3, -0.25) is 0 Å². The standard InChI is InChI=1S/C16H18FNO2/c1-19-15-8-3-2-5-13(15)11-20-16-12(9-10-18)6-4-7-14(16)17/h2-8H,9-11,18H2,1H3. The number of methoxy groups -OCH3 is 1. The molecule has 0 unspecified atom stereocenters. The summed E-state index contributed by atoms with van der Waals surface area (Å²) in [5.41, 5.74) is 7.19. The molecular formula is C16H18FNO2. The molecule has 4 heteroatoms. The molecule has 0 saturated heterocycles. The first-order valence-electron chi connectivity index (χ1n) is 6.48. The third-order valence-electron chi connectivity index (χ3n) is 3.03. The van der Waals surface area contributed by atoms with E-state index in [0.29, 0.717) is 13.0 Å². The number of hydrogen-bond donors (Lipinski definition) is 1. The summed E-state index contributed by atoms with van der Waals surface area (Å²) in [7, 11) is 1.60. The fourth-order valence-corrected chi connectivity index (χ4v) is 2.04. The quantitative estimate of drug-likeness (QED) is 0.881. The van der Waals surface area contributed by atoms with Crippen molar-refractivity contribution >= 4 is 0 Å². The van der Waals surface area contributed by atoms with E-state index in [-0.39, 0.29) is 18.2 Å². The Morgan fingerprint density at radius 2 is 1.80 bits per heavy atom. The van der Waals surface area contributed by atoms with Crippen LogP contribution in [0.3, 0.4) is 0 Å². The topological polar surface area (TPSA) is 44.5 Å². The van der Waals surface area contributed by atoms with Crippen molar-refractivity contribution in [3.63, 3.8) is 0 Å². The first kappa shape index (κ1) is 14.3. The summed E-state index contributed by atoms with van der Waals surface area (Å²) in [5.74, 6) is 0.624. The molecular weight excluding hydrogens is 257 g/mol. The third-order valence-corrected chi connectivity index (χ3v) is 3.03. The lowest BCUT2D eigenvalue weighted by Crippen LogP contribution is -2.07. The lowest BCUT2D eigenvalue weighted by molar-refractivity contribution is 0.279. The number of nitrogens with two attached hydrogens (primary N) is 1. The number of benzene rings is 2. The van der Waals surface area contributed by atoms with E-state index in [1.165, 1.54) is 6.07 Å². The maximum absolute atomic E-state index is 13.9. The summed E-state index contributed by atoms with van der Waals surface area (Å²) in [5, 5.41) is 0. The van der Waals surface area contributed by atoms with Gasteiger partial charge in [0.05, 0.1) is 7.11 Å². The van der Waals surface area contributed by atoms with Gasteiger partial charge < -0.3 is 15.2 Å². The molecule has 0 heterocycles. The minimum absolute atomic E-state index is 0.252. The molecule has 0 spiro atoms. The Morgan fingerprint density at radius 3 is 2.55 bits per heavy atom. The van der Waals surface area contributed by atoms with Gasteiger partial charge in [0.15, 0.2) is 11.6 Å².